The van der Waals surface area contributed by atoms with Crippen molar-refractivity contribution >= 4 is 32.6 Å². The molecule has 0 spiro atoms. The molecule has 1 heterocycles. The summed E-state index contributed by atoms with van der Waals surface area (Å²) in [6.45, 7) is 4.32. The molecule has 0 atom stereocenters. The first kappa shape index (κ1) is 18.2. The summed E-state index contributed by atoms with van der Waals surface area (Å²) in [6, 6.07) is 22.8. The summed E-state index contributed by atoms with van der Waals surface area (Å²) in [7, 11) is 0. The highest BCUT2D eigenvalue weighted by atomic mass is 32.1. The molecular formula is C23H20N2O2S. The van der Waals surface area contributed by atoms with E-state index in [4.69, 9.17) is 4.74 Å². The molecule has 1 N–H and O–H groups in total. The predicted molar refractivity (Wildman–Crippen MR) is 115 cm³/mol. The van der Waals surface area contributed by atoms with Crippen LogP contribution in [0.25, 0.3) is 10.2 Å². The Hall–Kier alpha value is -3.18. The third-order valence-electron chi connectivity index (χ3n) is 4.40. The van der Waals surface area contributed by atoms with E-state index in [0.29, 0.717) is 28.1 Å². The van der Waals surface area contributed by atoms with Gasteiger partial charge in [0.2, 0.25) is 0 Å². The van der Waals surface area contributed by atoms with Crippen LogP contribution in [0.3, 0.4) is 0 Å². The monoisotopic (exact) mass is 388 g/mol. The number of amides is 1. The van der Waals surface area contributed by atoms with Crippen molar-refractivity contribution in [1.29, 1.82) is 0 Å². The predicted octanol–water partition coefficient (Wildman–Crippen LogP) is 6.46. The minimum Gasteiger partial charge on any atom is -0.457 e. The summed E-state index contributed by atoms with van der Waals surface area (Å²) in [4.78, 5) is 17.4. The van der Waals surface area contributed by atoms with Crippen LogP contribution < -0.4 is 10.1 Å². The minimum absolute atomic E-state index is 0.241. The van der Waals surface area contributed by atoms with Gasteiger partial charge in [0, 0.05) is 0 Å². The van der Waals surface area contributed by atoms with Gasteiger partial charge in [0.25, 0.3) is 5.91 Å². The van der Waals surface area contributed by atoms with Crippen LogP contribution in [0.2, 0.25) is 0 Å². The number of benzene rings is 3. The fourth-order valence-corrected chi connectivity index (χ4v) is 3.79. The lowest BCUT2D eigenvalue weighted by Crippen LogP contribution is -2.12. The van der Waals surface area contributed by atoms with Crippen LogP contribution in [0, 0.1) is 0 Å². The topological polar surface area (TPSA) is 51.2 Å². The zero-order valence-corrected chi connectivity index (χ0v) is 16.5. The van der Waals surface area contributed by atoms with Crippen LogP contribution in [-0.2, 0) is 0 Å². The van der Waals surface area contributed by atoms with E-state index in [-0.39, 0.29) is 5.91 Å². The molecule has 5 heteroatoms. The second-order valence-corrected chi connectivity index (χ2v) is 7.80. The van der Waals surface area contributed by atoms with Crippen molar-refractivity contribution in [2.45, 2.75) is 19.8 Å². The molecule has 0 bridgehead atoms. The average Bonchev–Trinajstić information content (AvgIpc) is 3.10. The van der Waals surface area contributed by atoms with Crippen molar-refractivity contribution in [2.75, 3.05) is 5.32 Å². The Labute approximate surface area is 167 Å². The molecule has 0 fully saturated rings. The Morgan fingerprint density at radius 2 is 1.75 bits per heavy atom. The van der Waals surface area contributed by atoms with Gasteiger partial charge in [0.15, 0.2) is 5.13 Å². The van der Waals surface area contributed by atoms with Crippen LogP contribution in [0.5, 0.6) is 11.5 Å². The number of hydrogen-bond acceptors (Lipinski definition) is 4. The number of fused-ring (bicyclic) bond motifs is 1. The van der Waals surface area contributed by atoms with Crippen LogP contribution in [0.15, 0.2) is 72.8 Å². The normalized spacial score (nSPS) is 11.0. The molecule has 28 heavy (non-hydrogen) atoms. The second-order valence-electron chi connectivity index (χ2n) is 6.77. The molecule has 0 aliphatic carbocycles. The number of carbonyl (C=O) groups is 1. The lowest BCUT2D eigenvalue weighted by Gasteiger charge is -2.10. The zero-order chi connectivity index (χ0) is 19.5. The Morgan fingerprint density at radius 1 is 1.00 bits per heavy atom. The van der Waals surface area contributed by atoms with Crippen molar-refractivity contribution in [3.8, 4) is 11.5 Å². The molecular weight excluding hydrogens is 368 g/mol. The Balaban J connectivity index is 1.58. The van der Waals surface area contributed by atoms with E-state index in [0.717, 1.165) is 10.2 Å². The van der Waals surface area contributed by atoms with Crippen LogP contribution >= 0.6 is 11.3 Å². The van der Waals surface area contributed by atoms with Crippen molar-refractivity contribution < 1.29 is 9.53 Å². The lowest BCUT2D eigenvalue weighted by atomic mass is 10.0. The Bertz CT molecular complexity index is 1120. The van der Waals surface area contributed by atoms with Crippen molar-refractivity contribution in [3.63, 3.8) is 0 Å². The minimum atomic E-state index is -0.241. The first-order valence-electron chi connectivity index (χ1n) is 9.14. The third-order valence-corrected chi connectivity index (χ3v) is 5.34. The summed E-state index contributed by atoms with van der Waals surface area (Å²) in [6.07, 6.45) is 0. The number of hydrogen-bond donors (Lipinski definition) is 1. The highest BCUT2D eigenvalue weighted by Crippen LogP contribution is 2.30. The van der Waals surface area contributed by atoms with Crippen molar-refractivity contribution in [1.82, 2.24) is 4.98 Å². The second kappa shape index (κ2) is 7.82. The first-order chi connectivity index (χ1) is 13.6. The quantitative estimate of drug-likeness (QED) is 0.426. The van der Waals surface area contributed by atoms with E-state index in [2.05, 4.69) is 36.3 Å². The number of para-hydroxylation sites is 2. The molecule has 4 nitrogen and oxygen atoms in total. The van der Waals surface area contributed by atoms with E-state index in [1.807, 2.05) is 48.5 Å². The molecule has 4 rings (SSSR count). The number of carbonyl (C=O) groups excluding carboxylic acids is 1. The maximum absolute atomic E-state index is 12.9. The Morgan fingerprint density at radius 3 is 2.54 bits per heavy atom. The van der Waals surface area contributed by atoms with Gasteiger partial charge in [-0.1, -0.05) is 61.6 Å². The lowest BCUT2D eigenvalue weighted by molar-refractivity contribution is 0.102. The summed E-state index contributed by atoms with van der Waals surface area (Å²) in [5.41, 5.74) is 2.61. The van der Waals surface area contributed by atoms with Gasteiger partial charge >= 0.3 is 0 Å². The molecule has 140 valence electrons. The standard InChI is InChI=1S/C23H20N2O2S/c1-15(2)16-12-13-19-21(14-16)28-23(24-19)25-22(26)18-10-6-7-11-20(18)27-17-8-4-3-5-9-17/h3-15H,1-2H3,(H,24,25,26). The molecule has 1 aromatic heterocycles. The fraction of sp³-hybridized carbons (Fsp3) is 0.130. The van der Waals surface area contributed by atoms with Gasteiger partial charge in [-0.25, -0.2) is 4.98 Å². The van der Waals surface area contributed by atoms with Gasteiger partial charge in [0.05, 0.1) is 15.8 Å². The van der Waals surface area contributed by atoms with Gasteiger partial charge in [-0.05, 0) is 47.9 Å². The number of nitrogens with zero attached hydrogens (tertiary/aromatic N) is 1. The molecule has 0 aliphatic rings. The molecule has 1 amide bonds. The molecule has 0 aliphatic heterocycles. The first-order valence-corrected chi connectivity index (χ1v) is 9.95. The van der Waals surface area contributed by atoms with Gasteiger partial charge in [0.1, 0.15) is 11.5 Å². The van der Waals surface area contributed by atoms with Crippen LogP contribution in [0.4, 0.5) is 5.13 Å². The van der Waals surface area contributed by atoms with Crippen molar-refractivity contribution in [2.24, 2.45) is 0 Å². The Kier molecular flexibility index (Phi) is 5.08. The summed E-state index contributed by atoms with van der Waals surface area (Å²) < 4.78 is 6.96. The highest BCUT2D eigenvalue weighted by molar-refractivity contribution is 7.22. The van der Waals surface area contributed by atoms with Gasteiger partial charge in [-0.15, -0.1) is 0 Å². The van der Waals surface area contributed by atoms with Gasteiger partial charge < -0.3 is 4.74 Å². The number of nitrogens with one attached hydrogen (secondary N) is 1. The smallest absolute Gasteiger partial charge is 0.261 e. The number of anilines is 1. The number of rotatable bonds is 5. The van der Waals surface area contributed by atoms with E-state index in [1.54, 1.807) is 12.1 Å². The molecule has 0 radical (unpaired) electrons. The molecule has 0 unspecified atom stereocenters. The maximum Gasteiger partial charge on any atom is 0.261 e. The highest BCUT2D eigenvalue weighted by Gasteiger charge is 2.15. The van der Waals surface area contributed by atoms with Gasteiger partial charge in [-0.2, -0.15) is 0 Å². The fourth-order valence-electron chi connectivity index (χ4n) is 2.88. The molecule has 4 aromatic rings. The molecule has 0 saturated carbocycles. The van der Waals surface area contributed by atoms with Crippen molar-refractivity contribution in [3.05, 3.63) is 83.9 Å². The average molecular weight is 388 g/mol. The van der Waals surface area contributed by atoms with E-state index < -0.39 is 0 Å². The van der Waals surface area contributed by atoms with Crippen LogP contribution in [0.1, 0.15) is 35.7 Å². The van der Waals surface area contributed by atoms with Crippen LogP contribution in [-0.4, -0.2) is 10.9 Å². The summed E-state index contributed by atoms with van der Waals surface area (Å²) >= 11 is 1.48. The molecule has 0 saturated heterocycles. The van der Waals surface area contributed by atoms with Gasteiger partial charge in [-0.3, -0.25) is 10.1 Å². The van der Waals surface area contributed by atoms with E-state index in [1.165, 1.54) is 16.9 Å². The number of aromatic nitrogens is 1. The molecule has 3 aromatic carbocycles. The zero-order valence-electron chi connectivity index (χ0n) is 15.7. The maximum atomic E-state index is 12.9. The number of ether oxygens (including phenoxy) is 1. The SMILES string of the molecule is CC(C)c1ccc2nc(NC(=O)c3ccccc3Oc3ccccc3)sc2c1. The number of thiazole rings is 1. The van der Waals surface area contributed by atoms with E-state index in [9.17, 15) is 4.79 Å². The largest absolute Gasteiger partial charge is 0.457 e. The third kappa shape index (κ3) is 3.89. The summed E-state index contributed by atoms with van der Waals surface area (Å²) in [5, 5.41) is 3.49. The summed E-state index contributed by atoms with van der Waals surface area (Å²) in [5.74, 6) is 1.40. The van der Waals surface area contributed by atoms with E-state index >= 15 is 0 Å².